The number of thiophene rings is 1. The normalized spacial score (nSPS) is 12.1. The highest BCUT2D eigenvalue weighted by molar-refractivity contribution is 7.17. The fraction of sp³-hybridized carbons (Fsp3) is 0.278. The number of nitrogens with one attached hydrogen (secondary N) is 1. The van der Waals surface area contributed by atoms with Crippen LogP contribution in [0.1, 0.15) is 65.2 Å². The summed E-state index contributed by atoms with van der Waals surface area (Å²) in [4.78, 5) is 2.31. The first kappa shape index (κ1) is 28.3. The summed E-state index contributed by atoms with van der Waals surface area (Å²) in [5.74, 6) is 0. The molecule has 0 aliphatic rings. The van der Waals surface area contributed by atoms with Crippen molar-refractivity contribution in [1.29, 1.82) is 0 Å². The molecule has 206 valence electrons. The highest BCUT2D eigenvalue weighted by Gasteiger charge is 2.23. The van der Waals surface area contributed by atoms with Gasteiger partial charge >= 0.3 is 0 Å². The van der Waals surface area contributed by atoms with Gasteiger partial charge in [-0.1, -0.05) is 96.5 Å². The summed E-state index contributed by atoms with van der Waals surface area (Å²) in [5, 5.41) is 7.74. The molecule has 0 unspecified atom stereocenters. The number of aryl methyl sites for hydroxylation is 1. The van der Waals surface area contributed by atoms with Crippen LogP contribution in [0.4, 0.5) is 28.4 Å². The molecule has 2 nitrogen and oxygen atoms in total. The largest absolute Gasteiger partial charge is 0.354 e. The Bertz CT molecular complexity index is 1620. The van der Waals surface area contributed by atoms with Crippen LogP contribution in [0.25, 0.3) is 10.1 Å². The molecule has 1 aromatic heterocycles. The van der Waals surface area contributed by atoms with Gasteiger partial charge in [0.1, 0.15) is 0 Å². The van der Waals surface area contributed by atoms with E-state index in [1.807, 2.05) is 6.07 Å². The molecule has 5 rings (SSSR count). The summed E-state index contributed by atoms with van der Waals surface area (Å²) in [5.41, 5.74) is 9.15. The number of hydrogen-bond donors (Lipinski definition) is 1. The zero-order valence-corrected chi connectivity index (χ0v) is 26.2. The lowest BCUT2D eigenvalue weighted by atomic mass is 9.86. The minimum absolute atomic E-state index is 0.0569. The van der Waals surface area contributed by atoms with E-state index in [0.717, 1.165) is 34.9 Å². The van der Waals surface area contributed by atoms with E-state index in [-0.39, 0.29) is 10.8 Å². The molecule has 4 aromatic carbocycles. The summed E-state index contributed by atoms with van der Waals surface area (Å²) in [6.07, 6.45) is 1.02. The van der Waals surface area contributed by atoms with Crippen LogP contribution in [0.5, 0.6) is 0 Å². The van der Waals surface area contributed by atoms with E-state index in [4.69, 9.17) is 11.6 Å². The zero-order chi connectivity index (χ0) is 28.7. The van der Waals surface area contributed by atoms with E-state index in [1.165, 1.54) is 26.8 Å². The Morgan fingerprint density at radius 3 is 2.02 bits per heavy atom. The maximum atomic E-state index is 7.24. The van der Waals surface area contributed by atoms with Gasteiger partial charge in [0.2, 0.25) is 0 Å². The molecule has 0 aliphatic heterocycles. The van der Waals surface area contributed by atoms with E-state index >= 15 is 0 Å². The number of halogens is 1. The first-order valence-corrected chi connectivity index (χ1v) is 15.3. The second-order valence-electron chi connectivity index (χ2n) is 12.5. The van der Waals surface area contributed by atoms with Gasteiger partial charge in [-0.25, -0.2) is 0 Å². The molecule has 0 saturated carbocycles. The van der Waals surface area contributed by atoms with Crippen LogP contribution in [0.15, 0.2) is 90.3 Å². The Hall–Kier alpha value is -3.27. The van der Waals surface area contributed by atoms with Gasteiger partial charge in [-0.15, -0.1) is 11.3 Å². The van der Waals surface area contributed by atoms with Crippen molar-refractivity contribution in [3.8, 4) is 0 Å². The van der Waals surface area contributed by atoms with Crippen LogP contribution in [0.3, 0.4) is 0 Å². The Kier molecular flexibility index (Phi) is 7.74. The second kappa shape index (κ2) is 11.0. The predicted octanol–water partition coefficient (Wildman–Crippen LogP) is 11.9. The van der Waals surface area contributed by atoms with Crippen molar-refractivity contribution in [2.45, 2.75) is 65.7 Å². The molecule has 1 N–H and O–H groups in total. The molecule has 4 heteroatoms. The molecular formula is C36H39ClN2S. The van der Waals surface area contributed by atoms with Gasteiger partial charge in [-0.05, 0) is 82.5 Å². The van der Waals surface area contributed by atoms with Crippen molar-refractivity contribution < 1.29 is 0 Å². The number of nitrogens with zero attached hydrogens (tertiary/aromatic N) is 1. The molecule has 0 saturated heterocycles. The fourth-order valence-electron chi connectivity index (χ4n) is 4.94. The minimum atomic E-state index is 0.0569. The molecule has 0 aliphatic carbocycles. The van der Waals surface area contributed by atoms with Crippen LogP contribution < -0.4 is 10.2 Å². The number of fused-ring (bicyclic) bond motifs is 1. The van der Waals surface area contributed by atoms with E-state index in [0.29, 0.717) is 5.02 Å². The average molecular weight is 567 g/mol. The molecule has 0 radical (unpaired) electrons. The summed E-state index contributed by atoms with van der Waals surface area (Å²) in [6, 6.07) is 30.6. The summed E-state index contributed by atoms with van der Waals surface area (Å²) < 4.78 is 1.26. The highest BCUT2D eigenvalue weighted by Crippen LogP contribution is 2.47. The smallest absolute Gasteiger partial charge is 0.0881 e. The SMILES string of the molecule is CCc1ccc(Nc2cccc(N(c3ccc(C(C)(C)C)cc3)c3csc4ccc(C(C)(C)C)cc34)c2Cl)cc1. The lowest BCUT2D eigenvalue weighted by molar-refractivity contribution is 0.590. The average Bonchev–Trinajstić information content (AvgIpc) is 3.34. The summed E-state index contributed by atoms with van der Waals surface area (Å²) >= 11 is 9.01. The second-order valence-corrected chi connectivity index (χ2v) is 13.8. The summed E-state index contributed by atoms with van der Waals surface area (Å²) in [6.45, 7) is 15.7. The monoisotopic (exact) mass is 566 g/mol. The van der Waals surface area contributed by atoms with Crippen molar-refractivity contribution in [3.05, 3.63) is 112 Å². The lowest BCUT2D eigenvalue weighted by Gasteiger charge is -2.28. The van der Waals surface area contributed by atoms with Gasteiger partial charge in [0.05, 0.1) is 22.1 Å². The third-order valence-corrected chi connectivity index (χ3v) is 8.86. The lowest BCUT2D eigenvalue weighted by Crippen LogP contribution is -2.14. The van der Waals surface area contributed by atoms with Crippen LogP contribution in [0.2, 0.25) is 5.02 Å². The van der Waals surface area contributed by atoms with Gasteiger partial charge in [0.15, 0.2) is 0 Å². The molecule has 0 amide bonds. The van der Waals surface area contributed by atoms with Gasteiger partial charge in [-0.3, -0.25) is 0 Å². The van der Waals surface area contributed by atoms with Crippen molar-refractivity contribution in [1.82, 2.24) is 0 Å². The number of benzene rings is 4. The van der Waals surface area contributed by atoms with Crippen molar-refractivity contribution in [2.75, 3.05) is 10.2 Å². The van der Waals surface area contributed by atoms with Crippen LogP contribution in [-0.2, 0) is 17.3 Å². The Labute approximate surface area is 248 Å². The fourth-order valence-corrected chi connectivity index (χ4v) is 6.11. The Morgan fingerprint density at radius 2 is 1.40 bits per heavy atom. The quantitative estimate of drug-likeness (QED) is 0.220. The maximum absolute atomic E-state index is 7.24. The Morgan fingerprint density at radius 1 is 0.750 bits per heavy atom. The van der Waals surface area contributed by atoms with Crippen LogP contribution in [-0.4, -0.2) is 0 Å². The van der Waals surface area contributed by atoms with E-state index in [1.54, 1.807) is 11.3 Å². The topological polar surface area (TPSA) is 15.3 Å². The van der Waals surface area contributed by atoms with Gasteiger partial charge < -0.3 is 10.2 Å². The first-order valence-electron chi connectivity index (χ1n) is 14.0. The van der Waals surface area contributed by atoms with Crippen molar-refractivity contribution >= 4 is 61.5 Å². The van der Waals surface area contributed by atoms with Crippen molar-refractivity contribution in [3.63, 3.8) is 0 Å². The standard InChI is InChI=1S/C36H39ClN2S/c1-8-24-12-17-27(18-13-24)38-30-10-9-11-31(34(30)37)39(28-19-14-25(15-20-28)35(2,3)4)32-23-40-33-21-16-26(22-29(32)33)36(5,6)7/h9-23,38H,8H2,1-7H3. The predicted molar refractivity (Wildman–Crippen MR) is 178 cm³/mol. The summed E-state index contributed by atoms with van der Waals surface area (Å²) in [7, 11) is 0. The Balaban J connectivity index is 1.66. The molecule has 0 fully saturated rings. The number of hydrogen-bond acceptors (Lipinski definition) is 3. The van der Waals surface area contributed by atoms with Crippen LogP contribution in [0, 0.1) is 0 Å². The van der Waals surface area contributed by atoms with E-state index in [9.17, 15) is 0 Å². The van der Waals surface area contributed by atoms with E-state index in [2.05, 4.69) is 143 Å². The number of anilines is 5. The van der Waals surface area contributed by atoms with Gasteiger partial charge in [-0.2, -0.15) is 0 Å². The molecular weight excluding hydrogens is 528 g/mol. The van der Waals surface area contributed by atoms with Crippen molar-refractivity contribution in [2.24, 2.45) is 0 Å². The van der Waals surface area contributed by atoms with Crippen LogP contribution >= 0.6 is 22.9 Å². The third-order valence-electron chi connectivity index (χ3n) is 7.51. The van der Waals surface area contributed by atoms with Gasteiger partial charge in [0, 0.05) is 26.8 Å². The molecule has 5 aromatic rings. The third kappa shape index (κ3) is 5.77. The van der Waals surface area contributed by atoms with E-state index < -0.39 is 0 Å². The molecule has 0 bridgehead atoms. The molecule has 1 heterocycles. The zero-order valence-electron chi connectivity index (χ0n) is 24.6. The molecule has 0 spiro atoms. The highest BCUT2D eigenvalue weighted by atomic mass is 35.5. The van der Waals surface area contributed by atoms with Gasteiger partial charge in [0.25, 0.3) is 0 Å². The maximum Gasteiger partial charge on any atom is 0.0881 e. The first-order chi connectivity index (χ1) is 19.0. The number of rotatable bonds is 6. The minimum Gasteiger partial charge on any atom is -0.354 e. The molecule has 0 atom stereocenters. The molecule has 40 heavy (non-hydrogen) atoms.